The number of carbonyl (C=O) groups is 1. The van der Waals surface area contributed by atoms with Crippen molar-refractivity contribution < 1.29 is 27.5 Å². The van der Waals surface area contributed by atoms with E-state index in [1.54, 1.807) is 0 Å². The van der Waals surface area contributed by atoms with Gasteiger partial charge in [0.25, 0.3) is 0 Å². The van der Waals surface area contributed by atoms with E-state index in [4.69, 9.17) is 0 Å². The lowest BCUT2D eigenvalue weighted by Gasteiger charge is -2.26. The summed E-state index contributed by atoms with van der Waals surface area (Å²) in [4.78, 5) is 11.3. The monoisotopic (exact) mass is 378 g/mol. The second-order valence-corrected chi connectivity index (χ2v) is 6.41. The van der Waals surface area contributed by atoms with Gasteiger partial charge in [-0.25, -0.2) is 9.18 Å². The van der Waals surface area contributed by atoms with Crippen LogP contribution < -0.4 is 0 Å². The van der Waals surface area contributed by atoms with Crippen molar-refractivity contribution in [2.75, 3.05) is 0 Å². The summed E-state index contributed by atoms with van der Waals surface area (Å²) in [5.41, 5.74) is 1.93. The molecule has 0 saturated heterocycles. The summed E-state index contributed by atoms with van der Waals surface area (Å²) in [6.07, 6.45) is -4.11. The summed E-state index contributed by atoms with van der Waals surface area (Å²) < 4.78 is 52.7. The lowest BCUT2D eigenvalue weighted by atomic mass is 9.83. The van der Waals surface area contributed by atoms with Gasteiger partial charge in [-0.1, -0.05) is 5.57 Å². The molecule has 0 saturated carbocycles. The van der Waals surface area contributed by atoms with Crippen LogP contribution in [-0.2, 0) is 6.42 Å². The molecule has 0 spiro atoms. The van der Waals surface area contributed by atoms with Crippen molar-refractivity contribution in [3.8, 4) is 0 Å². The number of fused-ring (bicyclic) bond motifs is 2. The molecule has 2 nitrogen and oxygen atoms in total. The Morgan fingerprint density at radius 3 is 2.64 bits per heavy atom. The Hall–Kier alpha value is -1.37. The average Bonchev–Trinajstić information content (AvgIpc) is 2.79. The van der Waals surface area contributed by atoms with E-state index in [-0.39, 0.29) is 35.7 Å². The predicted octanol–water partition coefficient (Wildman–Crippen LogP) is 4.96. The first-order valence-electron chi connectivity index (χ1n) is 6.72. The van der Waals surface area contributed by atoms with Crippen LogP contribution in [0.5, 0.6) is 0 Å². The standard InChI is InChI=1S/C15H11BrF4O2/c16-13-11(17)5-10(14(21)22)9-4-6-3-7(15(18,19)20)1-2-8(6)12(9)13/h5,7H,1-4H2,(H,21,22). The molecule has 118 valence electrons. The molecule has 1 N–H and O–H groups in total. The van der Waals surface area contributed by atoms with Gasteiger partial charge in [-0.2, -0.15) is 13.2 Å². The van der Waals surface area contributed by atoms with E-state index in [0.29, 0.717) is 22.3 Å². The van der Waals surface area contributed by atoms with Crippen molar-refractivity contribution in [1.29, 1.82) is 0 Å². The highest BCUT2D eigenvalue weighted by Crippen LogP contribution is 2.50. The van der Waals surface area contributed by atoms with Crippen LogP contribution in [0.4, 0.5) is 17.6 Å². The van der Waals surface area contributed by atoms with Gasteiger partial charge in [0, 0.05) is 0 Å². The number of carboxylic acid groups (broad SMARTS) is 1. The fourth-order valence-corrected chi connectivity index (χ4v) is 3.94. The van der Waals surface area contributed by atoms with E-state index >= 15 is 0 Å². The van der Waals surface area contributed by atoms with Gasteiger partial charge < -0.3 is 5.11 Å². The van der Waals surface area contributed by atoms with Crippen LogP contribution in [0.15, 0.2) is 16.1 Å². The maximum Gasteiger partial charge on any atom is 0.392 e. The molecule has 1 aromatic carbocycles. The number of carboxylic acids is 1. The van der Waals surface area contributed by atoms with Crippen LogP contribution in [0.3, 0.4) is 0 Å². The number of hydrogen-bond acceptors (Lipinski definition) is 1. The van der Waals surface area contributed by atoms with Crippen molar-refractivity contribution in [2.45, 2.75) is 31.9 Å². The van der Waals surface area contributed by atoms with E-state index < -0.39 is 23.9 Å². The first-order chi connectivity index (χ1) is 10.2. The number of aromatic carboxylic acids is 1. The maximum atomic E-state index is 13.9. The smallest absolute Gasteiger partial charge is 0.392 e. The third-order valence-electron chi connectivity index (χ3n) is 4.37. The molecular weight excluding hydrogens is 368 g/mol. The largest absolute Gasteiger partial charge is 0.478 e. The number of benzene rings is 1. The molecule has 0 aliphatic heterocycles. The van der Waals surface area contributed by atoms with E-state index in [1.807, 2.05) is 0 Å². The fraction of sp³-hybridized carbons (Fsp3) is 0.400. The van der Waals surface area contributed by atoms with E-state index in [0.717, 1.165) is 6.07 Å². The Morgan fingerprint density at radius 2 is 2.05 bits per heavy atom. The van der Waals surface area contributed by atoms with Gasteiger partial charge >= 0.3 is 12.1 Å². The van der Waals surface area contributed by atoms with Crippen LogP contribution in [0.2, 0.25) is 0 Å². The quantitative estimate of drug-likeness (QED) is 0.701. The van der Waals surface area contributed by atoms with Crippen molar-refractivity contribution >= 4 is 27.5 Å². The molecule has 0 radical (unpaired) electrons. The van der Waals surface area contributed by atoms with Crippen molar-refractivity contribution in [3.63, 3.8) is 0 Å². The normalized spacial score (nSPS) is 20.9. The van der Waals surface area contributed by atoms with Crippen LogP contribution in [0.25, 0.3) is 5.57 Å². The second-order valence-electron chi connectivity index (χ2n) is 5.62. The van der Waals surface area contributed by atoms with Gasteiger partial charge in [0.2, 0.25) is 0 Å². The molecule has 1 atom stereocenters. The van der Waals surface area contributed by atoms with Gasteiger partial charge in [0.1, 0.15) is 5.82 Å². The van der Waals surface area contributed by atoms with Gasteiger partial charge in [-0.3, -0.25) is 0 Å². The summed E-state index contributed by atoms with van der Waals surface area (Å²) in [6, 6.07) is 0.922. The summed E-state index contributed by atoms with van der Waals surface area (Å²) in [5, 5.41) is 9.20. The molecule has 2 aliphatic rings. The van der Waals surface area contributed by atoms with Crippen LogP contribution >= 0.6 is 15.9 Å². The summed E-state index contributed by atoms with van der Waals surface area (Å²) in [6.45, 7) is 0. The number of rotatable bonds is 1. The predicted molar refractivity (Wildman–Crippen MR) is 75.1 cm³/mol. The summed E-state index contributed by atoms with van der Waals surface area (Å²) in [7, 11) is 0. The maximum absolute atomic E-state index is 13.9. The number of halogens is 5. The van der Waals surface area contributed by atoms with E-state index in [2.05, 4.69) is 15.9 Å². The Kier molecular flexibility index (Phi) is 3.58. The summed E-state index contributed by atoms with van der Waals surface area (Å²) >= 11 is 3.11. The highest BCUT2D eigenvalue weighted by atomic mass is 79.9. The van der Waals surface area contributed by atoms with Gasteiger partial charge in [-0.05, 0) is 64.4 Å². The third kappa shape index (κ3) is 2.35. The Balaban J connectivity index is 2.08. The molecule has 0 bridgehead atoms. The zero-order valence-corrected chi connectivity index (χ0v) is 12.8. The van der Waals surface area contributed by atoms with Gasteiger partial charge in [0.15, 0.2) is 0 Å². The highest BCUT2D eigenvalue weighted by molar-refractivity contribution is 9.10. The second kappa shape index (κ2) is 5.08. The number of hydrogen-bond donors (Lipinski definition) is 1. The molecule has 1 aromatic rings. The van der Waals surface area contributed by atoms with E-state index in [9.17, 15) is 27.5 Å². The molecule has 0 fully saturated rings. The zero-order valence-electron chi connectivity index (χ0n) is 11.2. The third-order valence-corrected chi connectivity index (χ3v) is 5.15. The Labute approximate surface area is 132 Å². The minimum absolute atomic E-state index is 0.0485. The molecule has 2 aliphatic carbocycles. The van der Waals surface area contributed by atoms with Crippen molar-refractivity contribution in [2.24, 2.45) is 5.92 Å². The van der Waals surface area contributed by atoms with Crippen molar-refractivity contribution in [1.82, 2.24) is 0 Å². The number of allylic oxidation sites excluding steroid dienone is 2. The molecule has 7 heteroatoms. The number of alkyl halides is 3. The minimum atomic E-state index is -4.26. The fourth-order valence-electron chi connectivity index (χ4n) is 3.34. The topological polar surface area (TPSA) is 37.3 Å². The van der Waals surface area contributed by atoms with Gasteiger partial charge in [-0.15, -0.1) is 0 Å². The molecule has 0 amide bonds. The van der Waals surface area contributed by atoms with Crippen LogP contribution in [0, 0.1) is 11.7 Å². The Bertz CT molecular complexity index is 706. The first-order valence-corrected chi connectivity index (χ1v) is 7.51. The summed E-state index contributed by atoms with van der Waals surface area (Å²) in [5.74, 6) is -3.38. The first kappa shape index (κ1) is 15.5. The molecule has 22 heavy (non-hydrogen) atoms. The lowest BCUT2D eigenvalue weighted by Crippen LogP contribution is -2.25. The highest BCUT2D eigenvalue weighted by Gasteiger charge is 2.44. The van der Waals surface area contributed by atoms with Crippen molar-refractivity contribution in [3.05, 3.63) is 38.6 Å². The van der Waals surface area contributed by atoms with Crippen LogP contribution in [0.1, 0.15) is 40.7 Å². The minimum Gasteiger partial charge on any atom is -0.478 e. The van der Waals surface area contributed by atoms with Gasteiger partial charge in [0.05, 0.1) is 16.0 Å². The lowest BCUT2D eigenvalue weighted by molar-refractivity contribution is -0.176. The zero-order chi connectivity index (χ0) is 16.2. The molecule has 1 unspecified atom stereocenters. The SMILES string of the molecule is O=C(O)c1cc(F)c(Br)c2c1CC1=C2CCC(C(F)(F)F)C1. The molecular formula is C15H11BrF4O2. The van der Waals surface area contributed by atoms with Crippen LogP contribution in [-0.4, -0.2) is 17.3 Å². The average molecular weight is 379 g/mol. The van der Waals surface area contributed by atoms with E-state index in [1.165, 1.54) is 0 Å². The Morgan fingerprint density at radius 1 is 1.36 bits per heavy atom. The molecule has 3 rings (SSSR count). The molecule has 0 aromatic heterocycles. The molecule has 0 heterocycles.